The number of rotatable bonds is 7. The number of hydrogen-bond donors (Lipinski definition) is 2. The van der Waals surface area contributed by atoms with E-state index in [1.54, 1.807) is 5.38 Å². The summed E-state index contributed by atoms with van der Waals surface area (Å²) in [6.45, 7) is 4.08. The molecule has 0 unspecified atom stereocenters. The largest absolute Gasteiger partial charge is 0.534 e. The zero-order chi connectivity index (χ0) is 19.4. The summed E-state index contributed by atoms with van der Waals surface area (Å²) >= 11 is 1.35. The lowest BCUT2D eigenvalue weighted by molar-refractivity contribution is -0.0500. The Morgan fingerprint density at radius 2 is 2.04 bits per heavy atom. The number of alkyl halides is 3. The van der Waals surface area contributed by atoms with Gasteiger partial charge in [0.2, 0.25) is 0 Å². The van der Waals surface area contributed by atoms with Crippen LogP contribution in [0.1, 0.15) is 5.56 Å². The van der Waals surface area contributed by atoms with Crippen LogP contribution < -0.4 is 14.8 Å². The maximum absolute atomic E-state index is 12.4. The lowest BCUT2D eigenvalue weighted by Gasteiger charge is -2.10. The number of carbonyl (C=O) groups is 1. The standard InChI is InChI=1S/C15H15F3N2O4S2/c1-2-6-19-14(21)20-7-5-10-9-25-13-4-3-11(8-12(10)13)24-26(22,23)15(16,17)18/h2-4,8-9H,1,5-7H2,(H2,19,20,21). The van der Waals surface area contributed by atoms with Crippen LogP contribution in [0.15, 0.2) is 36.2 Å². The van der Waals surface area contributed by atoms with E-state index in [0.29, 0.717) is 24.9 Å². The van der Waals surface area contributed by atoms with Crippen LogP contribution in [-0.2, 0) is 16.5 Å². The number of nitrogens with one attached hydrogen (secondary N) is 2. The average molecular weight is 408 g/mol. The third kappa shape index (κ3) is 4.88. The van der Waals surface area contributed by atoms with Gasteiger partial charge in [-0.25, -0.2) is 4.79 Å². The maximum atomic E-state index is 12.4. The van der Waals surface area contributed by atoms with Crippen molar-refractivity contribution in [1.82, 2.24) is 10.6 Å². The Kier molecular flexibility index (Phi) is 6.13. The van der Waals surface area contributed by atoms with E-state index in [1.807, 2.05) is 0 Å². The number of benzene rings is 1. The van der Waals surface area contributed by atoms with E-state index >= 15 is 0 Å². The van der Waals surface area contributed by atoms with E-state index in [4.69, 9.17) is 0 Å². The molecule has 0 atom stereocenters. The number of urea groups is 1. The van der Waals surface area contributed by atoms with E-state index in [0.717, 1.165) is 16.3 Å². The third-order valence-electron chi connectivity index (χ3n) is 3.20. The molecule has 2 aromatic rings. The molecule has 0 spiro atoms. The normalized spacial score (nSPS) is 12.0. The van der Waals surface area contributed by atoms with Gasteiger partial charge in [0.05, 0.1) is 0 Å². The zero-order valence-electron chi connectivity index (χ0n) is 13.3. The topological polar surface area (TPSA) is 84.5 Å². The molecule has 1 aromatic carbocycles. The van der Waals surface area contributed by atoms with Gasteiger partial charge in [0.25, 0.3) is 0 Å². The molecule has 0 fully saturated rings. The fourth-order valence-corrected chi connectivity index (χ4v) is 3.45. The number of halogens is 3. The van der Waals surface area contributed by atoms with Gasteiger partial charge in [0.15, 0.2) is 0 Å². The minimum absolute atomic E-state index is 0.292. The number of fused-ring (bicyclic) bond motifs is 1. The van der Waals surface area contributed by atoms with Crippen molar-refractivity contribution in [1.29, 1.82) is 0 Å². The van der Waals surface area contributed by atoms with Crippen LogP contribution in [0.3, 0.4) is 0 Å². The van der Waals surface area contributed by atoms with Gasteiger partial charge in [-0.15, -0.1) is 17.9 Å². The second-order valence-electron chi connectivity index (χ2n) is 5.08. The number of hydrogen-bond acceptors (Lipinski definition) is 5. The molecule has 0 aliphatic heterocycles. The van der Waals surface area contributed by atoms with Crippen molar-refractivity contribution in [3.05, 3.63) is 41.8 Å². The fourth-order valence-electron chi connectivity index (χ4n) is 2.02. The van der Waals surface area contributed by atoms with Gasteiger partial charge in [0, 0.05) is 17.8 Å². The molecule has 0 saturated heterocycles. The predicted molar refractivity (Wildman–Crippen MR) is 92.7 cm³/mol. The maximum Gasteiger partial charge on any atom is 0.534 e. The molecule has 0 bridgehead atoms. The molecule has 0 radical (unpaired) electrons. The summed E-state index contributed by atoms with van der Waals surface area (Å²) < 4.78 is 64.4. The summed E-state index contributed by atoms with van der Waals surface area (Å²) in [5.41, 5.74) is -4.74. The minimum Gasteiger partial charge on any atom is -0.376 e. The van der Waals surface area contributed by atoms with E-state index in [9.17, 15) is 26.4 Å². The highest BCUT2D eigenvalue weighted by molar-refractivity contribution is 7.88. The van der Waals surface area contributed by atoms with Crippen LogP contribution in [0.25, 0.3) is 10.1 Å². The van der Waals surface area contributed by atoms with Crippen molar-refractivity contribution >= 4 is 37.6 Å². The Morgan fingerprint density at radius 1 is 1.31 bits per heavy atom. The Morgan fingerprint density at radius 3 is 2.69 bits per heavy atom. The summed E-state index contributed by atoms with van der Waals surface area (Å²) in [7, 11) is -5.72. The summed E-state index contributed by atoms with van der Waals surface area (Å²) in [4.78, 5) is 11.4. The van der Waals surface area contributed by atoms with Crippen LogP contribution in [-0.4, -0.2) is 33.0 Å². The molecular weight excluding hydrogens is 393 g/mol. The van der Waals surface area contributed by atoms with E-state index < -0.39 is 21.4 Å². The minimum atomic E-state index is -5.72. The van der Waals surface area contributed by atoms with Crippen LogP contribution in [0.5, 0.6) is 5.75 Å². The van der Waals surface area contributed by atoms with Gasteiger partial charge in [-0.05, 0) is 40.9 Å². The molecule has 11 heteroatoms. The average Bonchev–Trinajstić information content (AvgIpc) is 2.94. The molecule has 1 aromatic heterocycles. The molecular formula is C15H15F3N2O4S2. The smallest absolute Gasteiger partial charge is 0.376 e. The molecule has 0 aliphatic rings. The lowest BCUT2D eigenvalue weighted by Crippen LogP contribution is -2.36. The lowest BCUT2D eigenvalue weighted by atomic mass is 10.1. The number of thiophene rings is 1. The van der Waals surface area contributed by atoms with Crippen molar-refractivity contribution in [2.45, 2.75) is 11.9 Å². The predicted octanol–water partition coefficient (Wildman–Crippen LogP) is 3.16. The molecule has 1 heterocycles. The summed E-state index contributed by atoms with van der Waals surface area (Å²) in [6, 6.07) is 3.51. The van der Waals surface area contributed by atoms with E-state index in [1.165, 1.54) is 29.5 Å². The third-order valence-corrected chi connectivity index (χ3v) is 5.19. The van der Waals surface area contributed by atoms with Gasteiger partial charge >= 0.3 is 21.7 Å². The van der Waals surface area contributed by atoms with Gasteiger partial charge in [-0.3, -0.25) is 0 Å². The summed E-state index contributed by atoms with van der Waals surface area (Å²) in [6.07, 6.45) is 1.94. The molecule has 26 heavy (non-hydrogen) atoms. The Labute approximate surface area is 151 Å². The van der Waals surface area contributed by atoms with Crippen molar-refractivity contribution in [3.8, 4) is 5.75 Å². The zero-order valence-corrected chi connectivity index (χ0v) is 14.9. The second-order valence-corrected chi connectivity index (χ2v) is 7.53. The fraction of sp³-hybridized carbons (Fsp3) is 0.267. The first kappa shape index (κ1) is 20.0. The Bertz CT molecular complexity index is 907. The summed E-state index contributed by atoms with van der Waals surface area (Å²) in [5.74, 6) is -0.425. The van der Waals surface area contributed by atoms with Crippen molar-refractivity contribution in [2.24, 2.45) is 0 Å². The van der Waals surface area contributed by atoms with E-state index in [2.05, 4.69) is 21.4 Å². The van der Waals surface area contributed by atoms with Crippen molar-refractivity contribution in [3.63, 3.8) is 0 Å². The summed E-state index contributed by atoms with van der Waals surface area (Å²) in [5, 5.41) is 7.52. The van der Waals surface area contributed by atoms with Crippen LogP contribution in [0, 0.1) is 0 Å². The number of amides is 2. The first-order chi connectivity index (χ1) is 12.1. The quantitative estimate of drug-likeness (QED) is 0.419. The molecule has 2 rings (SSSR count). The molecule has 2 N–H and O–H groups in total. The van der Waals surface area contributed by atoms with Crippen LogP contribution in [0.4, 0.5) is 18.0 Å². The molecule has 0 aliphatic carbocycles. The second kappa shape index (κ2) is 7.96. The SMILES string of the molecule is C=CCNC(=O)NCCc1csc2ccc(OS(=O)(=O)C(F)(F)F)cc12. The van der Waals surface area contributed by atoms with Crippen molar-refractivity contribution < 1.29 is 30.6 Å². The highest BCUT2D eigenvalue weighted by Crippen LogP contribution is 2.32. The van der Waals surface area contributed by atoms with Crippen LogP contribution >= 0.6 is 11.3 Å². The number of carbonyl (C=O) groups excluding carboxylic acids is 1. The van der Waals surface area contributed by atoms with Gasteiger partial charge in [0.1, 0.15) is 5.75 Å². The van der Waals surface area contributed by atoms with Crippen LogP contribution in [0.2, 0.25) is 0 Å². The molecule has 0 saturated carbocycles. The highest BCUT2D eigenvalue weighted by Gasteiger charge is 2.48. The molecule has 2 amide bonds. The van der Waals surface area contributed by atoms with E-state index in [-0.39, 0.29) is 6.03 Å². The highest BCUT2D eigenvalue weighted by atomic mass is 32.2. The van der Waals surface area contributed by atoms with Crippen molar-refractivity contribution in [2.75, 3.05) is 13.1 Å². The first-order valence-electron chi connectivity index (χ1n) is 7.27. The first-order valence-corrected chi connectivity index (χ1v) is 9.56. The Balaban J connectivity index is 2.10. The Hall–Kier alpha value is -2.27. The molecule has 142 valence electrons. The van der Waals surface area contributed by atoms with Gasteiger partial charge < -0.3 is 14.8 Å². The van der Waals surface area contributed by atoms with Gasteiger partial charge in [-0.2, -0.15) is 21.6 Å². The monoisotopic (exact) mass is 408 g/mol. The molecule has 6 nitrogen and oxygen atoms in total. The van der Waals surface area contributed by atoms with Gasteiger partial charge in [-0.1, -0.05) is 6.08 Å².